The number of carbonyl (C=O) groups is 1. The Kier molecular flexibility index (Phi) is 6.85. The minimum Gasteiger partial charge on any atom is -0.356 e. The van der Waals surface area contributed by atoms with Gasteiger partial charge in [-0.1, -0.05) is 6.42 Å². The molecule has 0 unspecified atom stereocenters. The van der Waals surface area contributed by atoms with Gasteiger partial charge in [-0.15, -0.1) is 0 Å². The van der Waals surface area contributed by atoms with Crippen molar-refractivity contribution < 1.29 is 4.79 Å². The summed E-state index contributed by atoms with van der Waals surface area (Å²) in [7, 11) is 0. The van der Waals surface area contributed by atoms with E-state index < -0.39 is 0 Å². The van der Waals surface area contributed by atoms with Gasteiger partial charge in [0.1, 0.15) is 0 Å². The molecule has 0 aliphatic rings. The molecule has 0 saturated heterocycles. The van der Waals surface area contributed by atoms with Gasteiger partial charge in [0.15, 0.2) is 0 Å². The predicted octanol–water partition coefficient (Wildman–Crippen LogP) is 1.93. The Morgan fingerprint density at radius 2 is 2.25 bits per heavy atom. The van der Waals surface area contributed by atoms with Gasteiger partial charge in [0.05, 0.1) is 0 Å². The van der Waals surface area contributed by atoms with Crippen LogP contribution in [0.2, 0.25) is 0 Å². The summed E-state index contributed by atoms with van der Waals surface area (Å²) < 4.78 is 0. The molecule has 3 N–H and O–H groups in total. The molecule has 0 aliphatic heterocycles. The zero-order chi connectivity index (χ0) is 11.6. The van der Waals surface area contributed by atoms with Crippen LogP contribution in [0, 0.1) is 0 Å². The standard InChI is InChI=1S/C12H20N2OS/c13-7-3-1-2-4-12(15)14-8-5-11-6-9-16-10-11/h6,9-10H,1-5,7-8,13H2,(H,14,15). The molecule has 1 heterocycles. The molecule has 0 bridgehead atoms. The molecule has 1 aromatic rings. The van der Waals surface area contributed by atoms with Crippen molar-refractivity contribution >= 4 is 17.2 Å². The van der Waals surface area contributed by atoms with Gasteiger partial charge in [0.25, 0.3) is 0 Å². The Morgan fingerprint density at radius 3 is 2.94 bits per heavy atom. The van der Waals surface area contributed by atoms with Gasteiger partial charge in [0, 0.05) is 13.0 Å². The quantitative estimate of drug-likeness (QED) is 0.682. The topological polar surface area (TPSA) is 55.1 Å². The Balaban J connectivity index is 1.98. The number of unbranched alkanes of at least 4 members (excludes halogenated alkanes) is 2. The van der Waals surface area contributed by atoms with E-state index in [9.17, 15) is 4.79 Å². The van der Waals surface area contributed by atoms with E-state index in [1.807, 2.05) is 0 Å². The highest BCUT2D eigenvalue weighted by Crippen LogP contribution is 2.05. The van der Waals surface area contributed by atoms with Crippen LogP contribution in [0.3, 0.4) is 0 Å². The first-order valence-electron chi connectivity index (χ1n) is 5.81. The third-order valence-electron chi connectivity index (χ3n) is 2.42. The summed E-state index contributed by atoms with van der Waals surface area (Å²) in [6, 6.07) is 2.10. The maximum atomic E-state index is 11.4. The van der Waals surface area contributed by atoms with Crippen LogP contribution in [-0.4, -0.2) is 19.0 Å². The average molecular weight is 240 g/mol. The van der Waals surface area contributed by atoms with Crippen LogP contribution < -0.4 is 11.1 Å². The second-order valence-electron chi connectivity index (χ2n) is 3.83. The van der Waals surface area contributed by atoms with Crippen LogP contribution in [0.1, 0.15) is 31.2 Å². The fraction of sp³-hybridized carbons (Fsp3) is 0.583. The first kappa shape index (κ1) is 13.2. The summed E-state index contributed by atoms with van der Waals surface area (Å²) in [6.07, 6.45) is 4.57. The number of hydrogen-bond donors (Lipinski definition) is 2. The summed E-state index contributed by atoms with van der Waals surface area (Å²) in [5.74, 6) is 0.159. The number of nitrogens with two attached hydrogens (primary N) is 1. The van der Waals surface area contributed by atoms with Crippen molar-refractivity contribution in [3.05, 3.63) is 22.4 Å². The smallest absolute Gasteiger partial charge is 0.220 e. The first-order valence-corrected chi connectivity index (χ1v) is 6.75. The van der Waals surface area contributed by atoms with Crippen LogP contribution in [0.4, 0.5) is 0 Å². The normalized spacial score (nSPS) is 10.3. The highest BCUT2D eigenvalue weighted by Gasteiger charge is 2.00. The number of amides is 1. The van der Waals surface area contributed by atoms with Crippen molar-refractivity contribution in [3.63, 3.8) is 0 Å². The number of carbonyl (C=O) groups excluding carboxylic acids is 1. The Labute approximate surface area is 101 Å². The molecule has 1 aromatic heterocycles. The van der Waals surface area contributed by atoms with Gasteiger partial charge in [-0.3, -0.25) is 4.79 Å². The highest BCUT2D eigenvalue weighted by atomic mass is 32.1. The zero-order valence-electron chi connectivity index (χ0n) is 9.58. The summed E-state index contributed by atoms with van der Waals surface area (Å²) in [6.45, 7) is 1.46. The van der Waals surface area contributed by atoms with Crippen LogP contribution >= 0.6 is 11.3 Å². The van der Waals surface area contributed by atoms with Crippen molar-refractivity contribution in [2.45, 2.75) is 32.1 Å². The Morgan fingerprint density at radius 1 is 1.38 bits per heavy atom. The second-order valence-corrected chi connectivity index (χ2v) is 4.61. The van der Waals surface area contributed by atoms with E-state index in [1.165, 1.54) is 5.56 Å². The molecule has 16 heavy (non-hydrogen) atoms. The third kappa shape index (κ3) is 5.88. The molecule has 0 radical (unpaired) electrons. The average Bonchev–Trinajstić information content (AvgIpc) is 2.77. The maximum Gasteiger partial charge on any atom is 0.220 e. The molecule has 3 nitrogen and oxygen atoms in total. The van der Waals surface area contributed by atoms with Crippen molar-refractivity contribution in [2.75, 3.05) is 13.1 Å². The van der Waals surface area contributed by atoms with Gasteiger partial charge >= 0.3 is 0 Å². The van der Waals surface area contributed by atoms with E-state index in [1.54, 1.807) is 11.3 Å². The van der Waals surface area contributed by atoms with Crippen molar-refractivity contribution in [1.82, 2.24) is 5.32 Å². The molecule has 0 saturated carbocycles. The number of thiophene rings is 1. The summed E-state index contributed by atoms with van der Waals surface area (Å²) in [5.41, 5.74) is 6.68. The van der Waals surface area contributed by atoms with Crippen molar-refractivity contribution in [1.29, 1.82) is 0 Å². The lowest BCUT2D eigenvalue weighted by Crippen LogP contribution is -2.25. The minimum absolute atomic E-state index is 0.159. The monoisotopic (exact) mass is 240 g/mol. The zero-order valence-corrected chi connectivity index (χ0v) is 10.4. The molecular formula is C12H20N2OS. The molecule has 1 amide bonds. The molecule has 0 aromatic carbocycles. The molecule has 0 aliphatic carbocycles. The summed E-state index contributed by atoms with van der Waals surface area (Å²) in [5, 5.41) is 7.11. The van der Waals surface area contributed by atoms with Gasteiger partial charge < -0.3 is 11.1 Å². The van der Waals surface area contributed by atoms with E-state index >= 15 is 0 Å². The van der Waals surface area contributed by atoms with E-state index in [2.05, 4.69) is 22.1 Å². The summed E-state index contributed by atoms with van der Waals surface area (Å²) in [4.78, 5) is 11.4. The Bertz CT molecular complexity index is 285. The van der Waals surface area contributed by atoms with Crippen molar-refractivity contribution in [2.24, 2.45) is 5.73 Å². The predicted molar refractivity (Wildman–Crippen MR) is 68.6 cm³/mol. The van der Waals surface area contributed by atoms with Crippen molar-refractivity contribution in [3.8, 4) is 0 Å². The number of rotatable bonds is 8. The van der Waals surface area contributed by atoms with Crippen LogP contribution in [0.15, 0.2) is 16.8 Å². The second kappa shape index (κ2) is 8.30. The van der Waals surface area contributed by atoms with Crippen LogP contribution in [0.25, 0.3) is 0 Å². The lowest BCUT2D eigenvalue weighted by atomic mass is 10.2. The SMILES string of the molecule is NCCCCCC(=O)NCCc1ccsc1. The van der Waals surface area contributed by atoms with E-state index in [-0.39, 0.29) is 5.91 Å². The molecule has 0 spiro atoms. The van der Waals surface area contributed by atoms with Gasteiger partial charge in [-0.05, 0) is 48.2 Å². The van der Waals surface area contributed by atoms with Crippen LogP contribution in [0.5, 0.6) is 0 Å². The van der Waals surface area contributed by atoms with Gasteiger partial charge in [-0.2, -0.15) is 11.3 Å². The molecular weight excluding hydrogens is 220 g/mol. The third-order valence-corrected chi connectivity index (χ3v) is 3.16. The molecule has 0 fully saturated rings. The van der Waals surface area contributed by atoms with Gasteiger partial charge in [-0.25, -0.2) is 0 Å². The fourth-order valence-electron chi connectivity index (χ4n) is 1.48. The van der Waals surface area contributed by atoms with Gasteiger partial charge in [0.2, 0.25) is 5.91 Å². The largest absolute Gasteiger partial charge is 0.356 e. The van der Waals surface area contributed by atoms with E-state index in [0.717, 1.165) is 38.8 Å². The number of nitrogens with one attached hydrogen (secondary N) is 1. The fourth-order valence-corrected chi connectivity index (χ4v) is 2.18. The molecule has 90 valence electrons. The van der Waals surface area contributed by atoms with Crippen LogP contribution in [-0.2, 0) is 11.2 Å². The molecule has 4 heteroatoms. The minimum atomic E-state index is 0.159. The highest BCUT2D eigenvalue weighted by molar-refractivity contribution is 7.07. The Hall–Kier alpha value is -0.870. The lowest BCUT2D eigenvalue weighted by molar-refractivity contribution is -0.121. The maximum absolute atomic E-state index is 11.4. The summed E-state index contributed by atoms with van der Waals surface area (Å²) >= 11 is 1.69. The lowest BCUT2D eigenvalue weighted by Gasteiger charge is -2.04. The van der Waals surface area contributed by atoms with E-state index in [4.69, 9.17) is 5.73 Å². The first-order chi connectivity index (χ1) is 7.83. The molecule has 1 rings (SSSR count). The van der Waals surface area contributed by atoms with E-state index in [0.29, 0.717) is 6.42 Å². The number of hydrogen-bond acceptors (Lipinski definition) is 3. The molecule has 0 atom stereocenters.